The van der Waals surface area contributed by atoms with Crippen LogP contribution in [0.1, 0.15) is 18.9 Å². The molecule has 1 amide bonds. The first-order valence-corrected chi connectivity index (χ1v) is 6.60. The summed E-state index contributed by atoms with van der Waals surface area (Å²) < 4.78 is 0.985. The van der Waals surface area contributed by atoms with E-state index < -0.39 is 0 Å². The number of carbonyl (C=O) groups is 1. The summed E-state index contributed by atoms with van der Waals surface area (Å²) in [6, 6.07) is 8.22. The van der Waals surface area contributed by atoms with Gasteiger partial charge in [0.1, 0.15) is 0 Å². The average Bonchev–Trinajstić information content (AvgIpc) is 2.32. The van der Waals surface area contributed by atoms with Gasteiger partial charge in [0.15, 0.2) is 0 Å². The van der Waals surface area contributed by atoms with Crippen LogP contribution < -0.4 is 10.6 Å². The lowest BCUT2D eigenvalue weighted by Crippen LogP contribution is -2.31. The maximum Gasteiger partial charge on any atom is 0.224 e. The van der Waals surface area contributed by atoms with E-state index in [1.807, 2.05) is 31.3 Å². The van der Waals surface area contributed by atoms with E-state index in [-0.39, 0.29) is 5.91 Å². The van der Waals surface area contributed by atoms with E-state index in [1.165, 1.54) is 0 Å². The van der Waals surface area contributed by atoms with E-state index in [0.29, 0.717) is 19.0 Å². The lowest BCUT2D eigenvalue weighted by molar-refractivity contribution is -0.120. The zero-order valence-corrected chi connectivity index (χ0v) is 11.9. The molecule has 0 aliphatic rings. The normalized spacial score (nSPS) is 12.2. The number of hydrogen-bond acceptors (Lipinski definition) is 2. The third-order valence-corrected chi connectivity index (χ3v) is 3.47. The fraction of sp³-hybridized carbons (Fsp3) is 0.462. The SMILES string of the molecule is CN[C@H](C)CCNC(=O)Cc1ccccc1Br. The Morgan fingerprint density at radius 1 is 1.41 bits per heavy atom. The Bertz CT molecular complexity index is 368. The van der Waals surface area contributed by atoms with Crippen LogP contribution in [0.25, 0.3) is 0 Å². The van der Waals surface area contributed by atoms with Gasteiger partial charge in [0.05, 0.1) is 6.42 Å². The Labute approximate surface area is 111 Å². The second-order valence-electron chi connectivity index (χ2n) is 4.10. The van der Waals surface area contributed by atoms with Gasteiger partial charge in [-0.2, -0.15) is 0 Å². The summed E-state index contributed by atoms with van der Waals surface area (Å²) in [6.45, 7) is 2.81. The molecule has 94 valence electrons. The molecule has 0 saturated heterocycles. The quantitative estimate of drug-likeness (QED) is 0.844. The van der Waals surface area contributed by atoms with Crippen molar-refractivity contribution in [3.63, 3.8) is 0 Å². The molecule has 0 aliphatic heterocycles. The summed E-state index contributed by atoms with van der Waals surface area (Å²) >= 11 is 3.44. The second-order valence-corrected chi connectivity index (χ2v) is 4.95. The summed E-state index contributed by atoms with van der Waals surface area (Å²) in [5.74, 6) is 0.0696. The van der Waals surface area contributed by atoms with Gasteiger partial charge >= 0.3 is 0 Å². The molecule has 1 aromatic carbocycles. The molecule has 0 aliphatic carbocycles. The molecule has 1 rings (SSSR count). The van der Waals surface area contributed by atoms with Crippen LogP contribution in [0.5, 0.6) is 0 Å². The van der Waals surface area contributed by atoms with Crippen LogP contribution in [0.3, 0.4) is 0 Å². The highest BCUT2D eigenvalue weighted by Crippen LogP contribution is 2.15. The van der Waals surface area contributed by atoms with Crippen molar-refractivity contribution in [1.29, 1.82) is 0 Å². The molecule has 1 atom stereocenters. The zero-order chi connectivity index (χ0) is 12.7. The van der Waals surface area contributed by atoms with Crippen LogP contribution in [0.15, 0.2) is 28.7 Å². The van der Waals surface area contributed by atoms with Crippen molar-refractivity contribution in [2.45, 2.75) is 25.8 Å². The zero-order valence-electron chi connectivity index (χ0n) is 10.3. The van der Waals surface area contributed by atoms with Crippen LogP contribution in [-0.2, 0) is 11.2 Å². The highest BCUT2D eigenvalue weighted by molar-refractivity contribution is 9.10. The fourth-order valence-electron chi connectivity index (χ4n) is 1.45. The first-order chi connectivity index (χ1) is 8.13. The van der Waals surface area contributed by atoms with Crippen molar-refractivity contribution >= 4 is 21.8 Å². The largest absolute Gasteiger partial charge is 0.356 e. The summed E-state index contributed by atoms with van der Waals surface area (Å²) in [5, 5.41) is 6.06. The van der Waals surface area contributed by atoms with Crippen molar-refractivity contribution in [2.24, 2.45) is 0 Å². The number of rotatable bonds is 6. The molecule has 3 nitrogen and oxygen atoms in total. The molecular formula is C13H19BrN2O. The summed E-state index contributed by atoms with van der Waals surface area (Å²) in [4.78, 5) is 11.7. The topological polar surface area (TPSA) is 41.1 Å². The van der Waals surface area contributed by atoms with E-state index in [1.54, 1.807) is 0 Å². The van der Waals surface area contributed by atoms with Gasteiger partial charge in [0.2, 0.25) is 5.91 Å². The lowest BCUT2D eigenvalue weighted by atomic mass is 10.1. The van der Waals surface area contributed by atoms with Crippen LogP contribution in [-0.4, -0.2) is 25.5 Å². The second kappa shape index (κ2) is 7.45. The first-order valence-electron chi connectivity index (χ1n) is 5.81. The third kappa shape index (κ3) is 5.33. The Kier molecular flexibility index (Phi) is 6.22. The summed E-state index contributed by atoms with van der Waals surface area (Å²) in [5.41, 5.74) is 1.02. The van der Waals surface area contributed by atoms with Crippen LogP contribution in [0.2, 0.25) is 0 Å². The molecule has 0 unspecified atom stereocenters. The summed E-state index contributed by atoms with van der Waals surface area (Å²) in [7, 11) is 1.92. The Morgan fingerprint density at radius 3 is 2.76 bits per heavy atom. The Morgan fingerprint density at radius 2 is 2.12 bits per heavy atom. The molecule has 0 bridgehead atoms. The molecule has 0 radical (unpaired) electrons. The Balaban J connectivity index is 2.33. The molecule has 17 heavy (non-hydrogen) atoms. The van der Waals surface area contributed by atoms with Gasteiger partial charge in [-0.05, 0) is 32.0 Å². The van der Waals surface area contributed by atoms with Crippen molar-refractivity contribution in [3.05, 3.63) is 34.3 Å². The molecular weight excluding hydrogens is 280 g/mol. The summed E-state index contributed by atoms with van der Waals surface area (Å²) in [6.07, 6.45) is 1.37. The molecule has 0 saturated carbocycles. The first kappa shape index (κ1) is 14.2. The van der Waals surface area contributed by atoms with E-state index in [4.69, 9.17) is 0 Å². The van der Waals surface area contributed by atoms with E-state index in [2.05, 4.69) is 33.5 Å². The third-order valence-electron chi connectivity index (χ3n) is 2.70. The lowest BCUT2D eigenvalue weighted by Gasteiger charge is -2.11. The van der Waals surface area contributed by atoms with Crippen LogP contribution in [0, 0.1) is 0 Å². The average molecular weight is 299 g/mol. The Hall–Kier alpha value is -0.870. The van der Waals surface area contributed by atoms with Crippen molar-refractivity contribution in [3.8, 4) is 0 Å². The van der Waals surface area contributed by atoms with Crippen molar-refractivity contribution < 1.29 is 4.79 Å². The number of carbonyl (C=O) groups excluding carboxylic acids is 1. The number of benzene rings is 1. The highest BCUT2D eigenvalue weighted by atomic mass is 79.9. The van der Waals surface area contributed by atoms with E-state index in [9.17, 15) is 4.79 Å². The van der Waals surface area contributed by atoms with Crippen LogP contribution in [0.4, 0.5) is 0 Å². The van der Waals surface area contributed by atoms with E-state index in [0.717, 1.165) is 16.5 Å². The molecule has 1 aromatic rings. The van der Waals surface area contributed by atoms with Gasteiger partial charge in [-0.1, -0.05) is 34.1 Å². The monoisotopic (exact) mass is 298 g/mol. The van der Waals surface area contributed by atoms with Crippen LogP contribution >= 0.6 is 15.9 Å². The van der Waals surface area contributed by atoms with Gasteiger partial charge < -0.3 is 10.6 Å². The van der Waals surface area contributed by atoms with Crippen molar-refractivity contribution in [2.75, 3.05) is 13.6 Å². The van der Waals surface area contributed by atoms with Crippen molar-refractivity contribution in [1.82, 2.24) is 10.6 Å². The minimum atomic E-state index is 0.0696. The number of halogens is 1. The smallest absolute Gasteiger partial charge is 0.224 e. The molecule has 0 heterocycles. The molecule has 4 heteroatoms. The molecule has 0 fully saturated rings. The van der Waals surface area contributed by atoms with Gasteiger partial charge in [0, 0.05) is 17.1 Å². The maximum atomic E-state index is 11.7. The predicted molar refractivity (Wildman–Crippen MR) is 74.0 cm³/mol. The van der Waals surface area contributed by atoms with Gasteiger partial charge in [0.25, 0.3) is 0 Å². The highest BCUT2D eigenvalue weighted by Gasteiger charge is 2.06. The number of nitrogens with one attached hydrogen (secondary N) is 2. The number of hydrogen-bond donors (Lipinski definition) is 2. The van der Waals surface area contributed by atoms with E-state index >= 15 is 0 Å². The minimum Gasteiger partial charge on any atom is -0.356 e. The molecule has 2 N–H and O–H groups in total. The minimum absolute atomic E-state index is 0.0696. The maximum absolute atomic E-state index is 11.7. The van der Waals surface area contributed by atoms with Gasteiger partial charge in [-0.3, -0.25) is 4.79 Å². The fourth-order valence-corrected chi connectivity index (χ4v) is 1.87. The predicted octanol–water partition coefficient (Wildman–Crippen LogP) is 2.11. The molecule has 0 aromatic heterocycles. The molecule has 0 spiro atoms. The van der Waals surface area contributed by atoms with Gasteiger partial charge in [-0.25, -0.2) is 0 Å². The standard InChI is InChI=1S/C13H19BrN2O/c1-10(15-2)7-8-16-13(17)9-11-5-3-4-6-12(11)14/h3-6,10,15H,7-9H2,1-2H3,(H,16,17)/t10-/m1/s1. The number of amides is 1. The van der Waals surface area contributed by atoms with Gasteiger partial charge in [-0.15, -0.1) is 0 Å².